The van der Waals surface area contributed by atoms with Crippen LogP contribution in [0.3, 0.4) is 0 Å². The second kappa shape index (κ2) is 11.5. The number of nitrogens with two attached hydrogens (primary N) is 1. The second-order valence-corrected chi connectivity index (χ2v) is 6.19. The van der Waals surface area contributed by atoms with Gasteiger partial charge in [0.15, 0.2) is 5.54 Å². The Kier molecular flexibility index (Phi) is 9.42. The lowest BCUT2D eigenvalue weighted by Gasteiger charge is -2.37. The number of hydrogen-bond acceptors (Lipinski definition) is 4. The third-order valence-electron chi connectivity index (χ3n) is 3.97. The molecule has 31 heavy (non-hydrogen) atoms. The van der Waals surface area contributed by atoms with E-state index in [1.54, 1.807) is 36.4 Å². The van der Waals surface area contributed by atoms with Crippen molar-refractivity contribution >= 4 is 17.8 Å². The van der Waals surface area contributed by atoms with Gasteiger partial charge in [-0.2, -0.15) is 13.2 Å². The van der Waals surface area contributed by atoms with E-state index >= 15 is 0 Å². The molecule has 2 aromatic rings. The lowest BCUT2D eigenvalue weighted by molar-refractivity contribution is -0.202. The molecule has 1 atom stereocenters. The topological polar surface area (TPSA) is 130 Å². The number of nitrogens with one attached hydrogen (secondary N) is 1. The van der Waals surface area contributed by atoms with Gasteiger partial charge >= 0.3 is 18.1 Å². The van der Waals surface area contributed by atoms with Gasteiger partial charge < -0.3 is 21.3 Å². The number of carbonyl (C=O) groups excluding carboxylic acids is 1. The van der Waals surface area contributed by atoms with E-state index in [1.807, 2.05) is 0 Å². The molecule has 0 aliphatic rings. The van der Waals surface area contributed by atoms with Gasteiger partial charge in [-0.15, -0.1) is 0 Å². The maximum atomic E-state index is 14.0. The largest absolute Gasteiger partial charge is 0.478 e. The van der Waals surface area contributed by atoms with E-state index in [9.17, 15) is 27.6 Å². The van der Waals surface area contributed by atoms with Gasteiger partial charge in [0.25, 0.3) is 0 Å². The molecule has 0 saturated carbocycles. The fraction of sp³-hybridized carbons (Fsp3) is 0.190. The smallest absolute Gasteiger partial charge is 0.416 e. The normalized spacial score (nSPS) is 12.9. The van der Waals surface area contributed by atoms with Crippen LogP contribution in [0.15, 0.2) is 72.8 Å². The molecular weight excluding hydrogens is 417 g/mol. The van der Waals surface area contributed by atoms with Crippen molar-refractivity contribution in [3.63, 3.8) is 0 Å². The molecule has 0 saturated heterocycles. The molecule has 2 aromatic carbocycles. The van der Waals surface area contributed by atoms with E-state index in [0.717, 1.165) is 0 Å². The molecule has 0 aliphatic carbocycles. The molecule has 5 N–H and O–H groups in total. The van der Waals surface area contributed by atoms with Crippen LogP contribution in [-0.2, 0) is 26.3 Å². The SMILES string of the molecule is NCC(=O)NC(Cc1ccccc1)(c1ccccc1)C(F)(F)F.O=C(O)/C=C\C(=O)O. The number of rotatable bonds is 7. The lowest BCUT2D eigenvalue weighted by atomic mass is 9.82. The number of carboxylic acid groups (broad SMARTS) is 2. The van der Waals surface area contributed by atoms with Crippen LogP contribution in [-0.4, -0.2) is 40.8 Å². The average molecular weight is 438 g/mol. The van der Waals surface area contributed by atoms with Crippen molar-refractivity contribution in [1.82, 2.24) is 5.32 Å². The Morgan fingerprint density at radius 2 is 1.32 bits per heavy atom. The molecule has 1 amide bonds. The fourth-order valence-corrected chi connectivity index (χ4v) is 2.61. The predicted octanol–water partition coefficient (Wildman–Crippen LogP) is 2.47. The summed E-state index contributed by atoms with van der Waals surface area (Å²) >= 11 is 0. The van der Waals surface area contributed by atoms with E-state index in [0.29, 0.717) is 17.7 Å². The third kappa shape index (κ3) is 7.94. The number of halogens is 3. The fourth-order valence-electron chi connectivity index (χ4n) is 2.61. The Labute approximate surface area is 176 Å². The molecular formula is C21H21F3N2O5. The Morgan fingerprint density at radius 3 is 1.71 bits per heavy atom. The molecule has 166 valence electrons. The first-order chi connectivity index (χ1) is 14.5. The quantitative estimate of drug-likeness (QED) is 0.492. The summed E-state index contributed by atoms with van der Waals surface area (Å²) in [6, 6.07) is 15.6. The molecule has 0 aromatic heterocycles. The summed E-state index contributed by atoms with van der Waals surface area (Å²) in [4.78, 5) is 30.8. The van der Waals surface area contributed by atoms with E-state index in [2.05, 4.69) is 5.32 Å². The van der Waals surface area contributed by atoms with E-state index in [-0.39, 0.29) is 5.56 Å². The van der Waals surface area contributed by atoms with Crippen LogP contribution in [0.5, 0.6) is 0 Å². The van der Waals surface area contributed by atoms with Crippen molar-refractivity contribution < 1.29 is 37.8 Å². The number of amides is 1. The maximum absolute atomic E-state index is 14.0. The van der Waals surface area contributed by atoms with Crippen LogP contribution in [0, 0.1) is 0 Å². The van der Waals surface area contributed by atoms with Crippen molar-refractivity contribution in [1.29, 1.82) is 0 Å². The number of carbonyl (C=O) groups is 3. The number of carboxylic acids is 2. The highest BCUT2D eigenvalue weighted by Gasteiger charge is 2.56. The summed E-state index contributed by atoms with van der Waals surface area (Å²) < 4.78 is 42.0. The molecule has 7 nitrogen and oxygen atoms in total. The summed E-state index contributed by atoms with van der Waals surface area (Å²) in [6.07, 6.45) is -3.98. The van der Waals surface area contributed by atoms with Crippen molar-refractivity contribution in [2.75, 3.05) is 6.54 Å². The van der Waals surface area contributed by atoms with Crippen molar-refractivity contribution in [3.05, 3.63) is 83.9 Å². The molecule has 2 rings (SSSR count). The van der Waals surface area contributed by atoms with Crippen LogP contribution >= 0.6 is 0 Å². The zero-order chi connectivity index (χ0) is 23.5. The Hall–Kier alpha value is -3.66. The standard InChI is InChI=1S/C17H17F3N2O.C4H4O4/c18-17(19,20)16(22-15(23)12-21,14-9-5-2-6-10-14)11-13-7-3-1-4-8-13;5-3(6)1-2-4(7)8/h1-10H,11-12,21H2,(H,22,23);1-2H,(H,5,6)(H,7,8)/b;2-1-. The highest BCUT2D eigenvalue weighted by atomic mass is 19.4. The first kappa shape index (κ1) is 25.4. The molecule has 0 fully saturated rings. The van der Waals surface area contributed by atoms with Crippen LogP contribution in [0.4, 0.5) is 13.2 Å². The molecule has 1 unspecified atom stereocenters. The number of aliphatic carboxylic acids is 2. The monoisotopic (exact) mass is 438 g/mol. The predicted molar refractivity (Wildman–Crippen MR) is 106 cm³/mol. The van der Waals surface area contributed by atoms with Crippen molar-refractivity contribution in [3.8, 4) is 0 Å². The van der Waals surface area contributed by atoms with Gasteiger partial charge in [-0.1, -0.05) is 60.7 Å². The van der Waals surface area contributed by atoms with Crippen LogP contribution in [0.25, 0.3) is 0 Å². The first-order valence-corrected chi connectivity index (χ1v) is 8.83. The minimum atomic E-state index is -4.69. The minimum absolute atomic E-state index is 0.0295. The van der Waals surface area contributed by atoms with E-state index in [4.69, 9.17) is 15.9 Å². The first-order valence-electron chi connectivity index (χ1n) is 8.83. The highest BCUT2D eigenvalue weighted by molar-refractivity contribution is 5.89. The molecule has 0 bridgehead atoms. The van der Waals surface area contributed by atoms with Gasteiger partial charge in [0.1, 0.15) is 0 Å². The average Bonchev–Trinajstić information content (AvgIpc) is 2.72. The summed E-state index contributed by atoms with van der Waals surface area (Å²) in [5.74, 6) is -3.37. The van der Waals surface area contributed by atoms with Gasteiger partial charge in [-0.3, -0.25) is 4.79 Å². The van der Waals surface area contributed by atoms with Gasteiger partial charge in [0.2, 0.25) is 5.91 Å². The summed E-state index contributed by atoms with van der Waals surface area (Å²) in [5, 5.41) is 17.7. The summed E-state index contributed by atoms with van der Waals surface area (Å²) in [7, 11) is 0. The van der Waals surface area contributed by atoms with Crippen LogP contribution < -0.4 is 11.1 Å². The molecule has 10 heteroatoms. The molecule has 0 radical (unpaired) electrons. The highest BCUT2D eigenvalue weighted by Crippen LogP contribution is 2.41. The number of benzene rings is 2. The zero-order valence-corrected chi connectivity index (χ0v) is 16.2. The van der Waals surface area contributed by atoms with Gasteiger partial charge in [-0.25, -0.2) is 9.59 Å². The maximum Gasteiger partial charge on any atom is 0.416 e. The van der Waals surface area contributed by atoms with Crippen molar-refractivity contribution in [2.24, 2.45) is 5.73 Å². The summed E-state index contributed by atoms with van der Waals surface area (Å²) in [5.41, 5.74) is 3.13. The molecule has 0 spiro atoms. The van der Waals surface area contributed by atoms with Gasteiger partial charge in [0.05, 0.1) is 6.54 Å². The Balaban J connectivity index is 0.000000512. The minimum Gasteiger partial charge on any atom is -0.478 e. The number of alkyl halides is 3. The molecule has 0 heterocycles. The molecule has 0 aliphatic heterocycles. The summed E-state index contributed by atoms with van der Waals surface area (Å²) in [6.45, 7) is -0.514. The van der Waals surface area contributed by atoms with Crippen molar-refractivity contribution in [2.45, 2.75) is 18.1 Å². The second-order valence-electron chi connectivity index (χ2n) is 6.19. The number of hydrogen-bond donors (Lipinski definition) is 4. The zero-order valence-electron chi connectivity index (χ0n) is 16.2. The van der Waals surface area contributed by atoms with E-state index in [1.165, 1.54) is 24.3 Å². The Morgan fingerprint density at radius 1 is 0.871 bits per heavy atom. The van der Waals surface area contributed by atoms with Gasteiger partial charge in [0, 0.05) is 18.6 Å². The van der Waals surface area contributed by atoms with Gasteiger partial charge in [-0.05, 0) is 11.1 Å². The third-order valence-corrected chi connectivity index (χ3v) is 3.97. The van der Waals surface area contributed by atoms with Crippen LogP contribution in [0.2, 0.25) is 0 Å². The van der Waals surface area contributed by atoms with E-state index < -0.39 is 42.5 Å². The lowest BCUT2D eigenvalue weighted by Crippen LogP contribution is -2.58. The Bertz CT molecular complexity index is 886. The van der Waals surface area contributed by atoms with Crippen LogP contribution in [0.1, 0.15) is 11.1 Å².